The van der Waals surface area contributed by atoms with Gasteiger partial charge in [0, 0.05) is 44.8 Å². The van der Waals surface area contributed by atoms with Crippen LogP contribution in [0.25, 0.3) is 0 Å². The molecule has 6 nitrogen and oxygen atoms in total. The fourth-order valence-corrected chi connectivity index (χ4v) is 3.55. The van der Waals surface area contributed by atoms with E-state index in [1.165, 1.54) is 5.56 Å². The third-order valence-electron chi connectivity index (χ3n) is 5.24. The molecule has 1 aliphatic heterocycles. The summed E-state index contributed by atoms with van der Waals surface area (Å²) in [7, 11) is 3.75. The molecule has 6 heteroatoms. The number of rotatable bonds is 8. The van der Waals surface area contributed by atoms with E-state index in [2.05, 4.69) is 40.4 Å². The molecule has 1 aliphatic rings. The second-order valence-electron chi connectivity index (χ2n) is 8.11. The van der Waals surface area contributed by atoms with Crippen LogP contribution in [0.4, 0.5) is 0 Å². The number of ether oxygens (including phenoxy) is 2. The van der Waals surface area contributed by atoms with Crippen LogP contribution in [-0.2, 0) is 13.1 Å². The number of nitrogens with zero attached hydrogens (tertiary/aromatic N) is 2. The number of carbonyl (C=O) groups excluding carboxylic acids is 1. The summed E-state index contributed by atoms with van der Waals surface area (Å²) in [6.45, 7) is 9.76. The van der Waals surface area contributed by atoms with Gasteiger partial charge in [-0.15, -0.1) is 0 Å². The molecule has 0 atom stereocenters. The Morgan fingerprint density at radius 1 is 1.03 bits per heavy atom. The molecule has 1 N–H and O–H groups in total. The summed E-state index contributed by atoms with van der Waals surface area (Å²) in [4.78, 5) is 17.5. The van der Waals surface area contributed by atoms with Crippen molar-refractivity contribution in [2.45, 2.75) is 33.0 Å². The van der Waals surface area contributed by atoms with E-state index >= 15 is 0 Å². The van der Waals surface area contributed by atoms with E-state index in [0.717, 1.165) is 38.3 Å². The number of piperazine rings is 1. The van der Waals surface area contributed by atoms with Gasteiger partial charge in [-0.2, -0.15) is 0 Å². The lowest BCUT2D eigenvalue weighted by atomic mass is 10.1. The van der Waals surface area contributed by atoms with Gasteiger partial charge in [-0.3, -0.25) is 9.69 Å². The normalized spacial score (nSPS) is 15.2. The molecule has 1 amide bonds. The van der Waals surface area contributed by atoms with Gasteiger partial charge in [0.1, 0.15) is 0 Å². The molecule has 2 aromatic rings. The average molecular weight is 412 g/mol. The van der Waals surface area contributed by atoms with Crippen LogP contribution in [0.15, 0.2) is 42.5 Å². The number of carbonyl (C=O) groups is 1. The van der Waals surface area contributed by atoms with Crippen molar-refractivity contribution in [2.75, 3.05) is 40.3 Å². The average Bonchev–Trinajstić information content (AvgIpc) is 2.74. The van der Waals surface area contributed by atoms with Gasteiger partial charge in [0.05, 0.1) is 13.2 Å². The first-order valence-corrected chi connectivity index (χ1v) is 10.6. The molecular formula is C24H33N3O3. The molecule has 0 unspecified atom stereocenters. The van der Waals surface area contributed by atoms with Gasteiger partial charge in [0.25, 0.3) is 5.91 Å². The number of amides is 1. The molecule has 0 spiro atoms. The van der Waals surface area contributed by atoms with Gasteiger partial charge in [0.15, 0.2) is 11.5 Å². The third kappa shape index (κ3) is 6.21. The largest absolute Gasteiger partial charge is 0.493 e. The molecule has 1 saturated heterocycles. The molecule has 1 fully saturated rings. The van der Waals surface area contributed by atoms with Crippen LogP contribution >= 0.6 is 0 Å². The van der Waals surface area contributed by atoms with Crippen LogP contribution in [-0.4, -0.2) is 62.1 Å². The van der Waals surface area contributed by atoms with Crippen molar-refractivity contribution in [1.82, 2.24) is 15.1 Å². The lowest BCUT2D eigenvalue weighted by Crippen LogP contribution is -2.43. The van der Waals surface area contributed by atoms with E-state index in [9.17, 15) is 4.79 Å². The van der Waals surface area contributed by atoms with Crippen LogP contribution in [0.5, 0.6) is 11.5 Å². The molecule has 162 valence electrons. The van der Waals surface area contributed by atoms with Gasteiger partial charge in [-0.05, 0) is 50.2 Å². The van der Waals surface area contributed by atoms with Crippen LogP contribution in [0.3, 0.4) is 0 Å². The van der Waals surface area contributed by atoms with E-state index in [1.54, 1.807) is 25.3 Å². The number of methoxy groups -OCH3 is 1. The molecule has 30 heavy (non-hydrogen) atoms. The van der Waals surface area contributed by atoms with Crippen molar-refractivity contribution in [2.24, 2.45) is 0 Å². The summed E-state index contributed by atoms with van der Waals surface area (Å²) in [6, 6.07) is 13.7. The first-order chi connectivity index (χ1) is 14.4. The molecule has 1 heterocycles. The summed E-state index contributed by atoms with van der Waals surface area (Å²) in [5, 5.41) is 3.01. The van der Waals surface area contributed by atoms with Crippen LogP contribution < -0.4 is 14.8 Å². The Morgan fingerprint density at radius 3 is 2.47 bits per heavy atom. The third-order valence-corrected chi connectivity index (χ3v) is 5.24. The zero-order chi connectivity index (χ0) is 21.5. The maximum Gasteiger partial charge on any atom is 0.251 e. The Morgan fingerprint density at radius 2 is 1.77 bits per heavy atom. The van der Waals surface area contributed by atoms with Gasteiger partial charge < -0.3 is 19.7 Å². The first-order valence-electron chi connectivity index (χ1n) is 10.6. The highest BCUT2D eigenvalue weighted by atomic mass is 16.5. The predicted octanol–water partition coefficient (Wildman–Crippen LogP) is 3.16. The lowest BCUT2D eigenvalue weighted by molar-refractivity contribution is 0.0950. The topological polar surface area (TPSA) is 54.0 Å². The number of benzene rings is 2. The van der Waals surface area contributed by atoms with E-state index in [4.69, 9.17) is 9.47 Å². The van der Waals surface area contributed by atoms with Gasteiger partial charge in [-0.1, -0.05) is 24.3 Å². The minimum Gasteiger partial charge on any atom is -0.493 e. The zero-order valence-electron chi connectivity index (χ0n) is 18.5. The number of hydrogen-bond acceptors (Lipinski definition) is 5. The van der Waals surface area contributed by atoms with Crippen molar-refractivity contribution >= 4 is 5.91 Å². The van der Waals surface area contributed by atoms with E-state index in [1.807, 2.05) is 19.9 Å². The molecule has 0 radical (unpaired) electrons. The standard InChI is InChI=1S/C24H33N3O3/c1-18(2)30-22-9-8-21(15-23(22)29-4)24(28)25-16-19-6-5-7-20(14-19)17-27-12-10-26(3)11-13-27/h5-9,14-15,18H,10-13,16-17H2,1-4H3,(H,25,28). The maximum atomic E-state index is 12.6. The first kappa shape index (κ1) is 22.1. The second-order valence-corrected chi connectivity index (χ2v) is 8.11. The molecule has 0 aliphatic carbocycles. The summed E-state index contributed by atoms with van der Waals surface area (Å²) in [5.74, 6) is 1.07. The van der Waals surface area contributed by atoms with Crippen molar-refractivity contribution < 1.29 is 14.3 Å². The fourth-order valence-electron chi connectivity index (χ4n) is 3.55. The van der Waals surface area contributed by atoms with Crippen molar-refractivity contribution in [3.8, 4) is 11.5 Å². The van der Waals surface area contributed by atoms with Crippen molar-refractivity contribution in [3.05, 3.63) is 59.2 Å². The summed E-state index contributed by atoms with van der Waals surface area (Å²) >= 11 is 0. The highest BCUT2D eigenvalue weighted by Gasteiger charge is 2.15. The summed E-state index contributed by atoms with van der Waals surface area (Å²) < 4.78 is 11.1. The van der Waals surface area contributed by atoms with E-state index < -0.39 is 0 Å². The Balaban J connectivity index is 1.58. The minimum absolute atomic E-state index is 0.0386. The second kappa shape index (κ2) is 10.5. The van der Waals surface area contributed by atoms with Gasteiger partial charge >= 0.3 is 0 Å². The van der Waals surface area contributed by atoms with Crippen LogP contribution in [0.1, 0.15) is 35.3 Å². The Labute approximate surface area is 179 Å². The quantitative estimate of drug-likeness (QED) is 0.723. The van der Waals surface area contributed by atoms with Crippen molar-refractivity contribution in [1.29, 1.82) is 0 Å². The van der Waals surface area contributed by atoms with Crippen molar-refractivity contribution in [3.63, 3.8) is 0 Å². The number of hydrogen-bond donors (Lipinski definition) is 1. The van der Waals surface area contributed by atoms with Gasteiger partial charge in [0.2, 0.25) is 0 Å². The van der Waals surface area contributed by atoms with E-state index in [-0.39, 0.29) is 12.0 Å². The fraction of sp³-hybridized carbons (Fsp3) is 0.458. The minimum atomic E-state index is -0.131. The summed E-state index contributed by atoms with van der Waals surface area (Å²) in [5.41, 5.74) is 2.93. The smallest absolute Gasteiger partial charge is 0.251 e. The zero-order valence-corrected chi connectivity index (χ0v) is 18.5. The van der Waals surface area contributed by atoms with Crippen LogP contribution in [0.2, 0.25) is 0 Å². The summed E-state index contributed by atoms with van der Waals surface area (Å²) in [6.07, 6.45) is 0.0386. The number of likely N-dealkylation sites (N-methyl/N-ethyl adjacent to an activating group) is 1. The molecule has 0 bridgehead atoms. The highest BCUT2D eigenvalue weighted by Crippen LogP contribution is 2.29. The molecule has 0 aromatic heterocycles. The Bertz CT molecular complexity index is 845. The SMILES string of the molecule is COc1cc(C(=O)NCc2cccc(CN3CCN(C)CC3)c2)ccc1OC(C)C. The Hall–Kier alpha value is -2.57. The van der Waals surface area contributed by atoms with Gasteiger partial charge in [-0.25, -0.2) is 0 Å². The Kier molecular flexibility index (Phi) is 7.71. The van der Waals surface area contributed by atoms with Crippen LogP contribution in [0, 0.1) is 0 Å². The molecular weight excluding hydrogens is 378 g/mol. The monoisotopic (exact) mass is 411 g/mol. The lowest BCUT2D eigenvalue weighted by Gasteiger charge is -2.32. The predicted molar refractivity (Wildman–Crippen MR) is 119 cm³/mol. The maximum absolute atomic E-state index is 12.6. The molecule has 0 saturated carbocycles. The van der Waals surface area contributed by atoms with E-state index in [0.29, 0.717) is 23.6 Å². The highest BCUT2D eigenvalue weighted by molar-refractivity contribution is 5.94. The number of nitrogens with one attached hydrogen (secondary N) is 1. The molecule has 3 rings (SSSR count). The molecule has 2 aromatic carbocycles.